The minimum atomic E-state index is -0.122. The lowest BCUT2D eigenvalue weighted by molar-refractivity contribution is -0.121. The number of hydrogen-bond acceptors (Lipinski definition) is 3. The molecule has 1 aromatic rings. The largest absolute Gasteiger partial charge is 0.396 e. The Morgan fingerprint density at radius 1 is 1.19 bits per heavy atom. The first-order chi connectivity index (χ1) is 10.1. The van der Waals surface area contributed by atoms with Gasteiger partial charge in [-0.05, 0) is 13.3 Å². The molecule has 0 fully saturated rings. The Bertz CT molecular complexity index is 533. The number of hydrogen-bond donors (Lipinski definition) is 2. The lowest BCUT2D eigenvalue weighted by atomic mass is 10.0. The van der Waals surface area contributed by atoms with Crippen molar-refractivity contribution < 1.29 is 14.7 Å². The van der Waals surface area contributed by atoms with E-state index in [1.807, 2.05) is 31.2 Å². The van der Waals surface area contributed by atoms with Crippen LogP contribution in [0, 0.1) is 12.8 Å². The van der Waals surface area contributed by atoms with Gasteiger partial charge in [0.25, 0.3) is 0 Å². The molecule has 0 aliphatic heterocycles. The van der Waals surface area contributed by atoms with Gasteiger partial charge >= 0.3 is 0 Å². The van der Waals surface area contributed by atoms with Crippen molar-refractivity contribution in [3.8, 4) is 0 Å². The highest BCUT2D eigenvalue weighted by atomic mass is 16.3. The van der Waals surface area contributed by atoms with Gasteiger partial charge < -0.3 is 10.4 Å². The maximum Gasteiger partial charge on any atom is 0.220 e. The van der Waals surface area contributed by atoms with E-state index in [1.54, 1.807) is 12.1 Å². The summed E-state index contributed by atoms with van der Waals surface area (Å²) in [5, 5.41) is 11.9. The Morgan fingerprint density at radius 3 is 2.52 bits per heavy atom. The number of ketones is 1. The zero-order valence-electron chi connectivity index (χ0n) is 12.2. The molecule has 0 saturated carbocycles. The van der Waals surface area contributed by atoms with Crippen molar-refractivity contribution in [2.24, 2.45) is 5.92 Å². The summed E-state index contributed by atoms with van der Waals surface area (Å²) in [4.78, 5) is 23.8. The Hall–Kier alpha value is -1.94. The first-order valence-electron chi connectivity index (χ1n) is 7.27. The average molecular weight is 287 g/mol. The summed E-state index contributed by atoms with van der Waals surface area (Å²) >= 11 is 0. The molecule has 2 atom stereocenters. The third-order valence-electron chi connectivity index (χ3n) is 3.71. The van der Waals surface area contributed by atoms with Crippen LogP contribution < -0.4 is 5.32 Å². The number of aliphatic hydroxyl groups is 1. The van der Waals surface area contributed by atoms with Crippen LogP contribution >= 0.6 is 0 Å². The van der Waals surface area contributed by atoms with E-state index >= 15 is 0 Å². The molecule has 1 aliphatic rings. The number of benzene rings is 1. The summed E-state index contributed by atoms with van der Waals surface area (Å²) in [5.41, 5.74) is 1.75. The highest BCUT2D eigenvalue weighted by molar-refractivity contribution is 5.98. The Kier molecular flexibility index (Phi) is 5.28. The van der Waals surface area contributed by atoms with E-state index in [1.165, 1.54) is 0 Å². The maximum atomic E-state index is 12.0. The van der Waals surface area contributed by atoms with Gasteiger partial charge in [0.05, 0.1) is 0 Å². The standard InChI is InChI=1S/C17H21NO3/c1-12-2-5-14(6-3-12)16(20)8-9-17(21)18-15-7-4-13(10-15)11-19/h2-7,13,15,19H,8-11H2,1H3,(H,18,21)/t13-,15+/m0/s1. The van der Waals surface area contributed by atoms with Crippen molar-refractivity contribution in [3.63, 3.8) is 0 Å². The summed E-state index contributed by atoms with van der Waals surface area (Å²) in [5.74, 6) is -0.00598. The molecule has 0 aromatic heterocycles. The van der Waals surface area contributed by atoms with Gasteiger partial charge in [0.15, 0.2) is 5.78 Å². The molecular formula is C17H21NO3. The van der Waals surface area contributed by atoms with E-state index in [9.17, 15) is 9.59 Å². The summed E-state index contributed by atoms with van der Waals surface area (Å²) < 4.78 is 0. The fraction of sp³-hybridized carbons (Fsp3) is 0.412. The second-order valence-electron chi connectivity index (χ2n) is 5.53. The normalized spacial score (nSPS) is 20.5. The number of aryl methyl sites for hydroxylation is 1. The number of Topliss-reactive ketones (excluding diaryl/α,β-unsaturated/α-hetero) is 1. The lowest BCUT2D eigenvalue weighted by Crippen LogP contribution is -2.33. The molecule has 1 amide bonds. The molecule has 112 valence electrons. The monoisotopic (exact) mass is 287 g/mol. The summed E-state index contributed by atoms with van der Waals surface area (Å²) in [6.45, 7) is 2.07. The number of carbonyl (C=O) groups is 2. The second-order valence-corrected chi connectivity index (χ2v) is 5.53. The molecule has 2 N–H and O–H groups in total. The van der Waals surface area contributed by atoms with Crippen molar-refractivity contribution in [1.82, 2.24) is 5.32 Å². The number of amides is 1. The zero-order valence-corrected chi connectivity index (χ0v) is 12.2. The second kappa shape index (κ2) is 7.18. The van der Waals surface area contributed by atoms with Gasteiger partial charge in [-0.15, -0.1) is 0 Å². The molecular weight excluding hydrogens is 266 g/mol. The van der Waals surface area contributed by atoms with E-state index in [-0.39, 0.29) is 43.1 Å². The van der Waals surface area contributed by atoms with Crippen LogP contribution in [0.2, 0.25) is 0 Å². The van der Waals surface area contributed by atoms with Gasteiger partial charge in [-0.25, -0.2) is 0 Å². The number of carbonyl (C=O) groups excluding carboxylic acids is 2. The van der Waals surface area contributed by atoms with Crippen LogP contribution in [0.15, 0.2) is 36.4 Å². The van der Waals surface area contributed by atoms with E-state index in [2.05, 4.69) is 5.32 Å². The molecule has 2 rings (SSSR count). The predicted octanol–water partition coefficient (Wildman–Crippen LogP) is 2.01. The highest BCUT2D eigenvalue weighted by Crippen LogP contribution is 2.17. The summed E-state index contributed by atoms with van der Waals surface area (Å²) in [7, 11) is 0. The van der Waals surface area contributed by atoms with E-state index in [0.29, 0.717) is 5.56 Å². The average Bonchev–Trinajstić information content (AvgIpc) is 2.93. The van der Waals surface area contributed by atoms with E-state index in [4.69, 9.17) is 5.11 Å². The Labute approximate surface area is 124 Å². The van der Waals surface area contributed by atoms with Crippen molar-refractivity contribution in [2.45, 2.75) is 32.2 Å². The predicted molar refractivity (Wildman–Crippen MR) is 81.0 cm³/mol. The SMILES string of the molecule is Cc1ccc(C(=O)CCC(=O)N[C@@H]2C=C[C@H](CO)C2)cc1. The minimum Gasteiger partial charge on any atom is -0.396 e. The van der Waals surface area contributed by atoms with Gasteiger partial charge in [-0.2, -0.15) is 0 Å². The Morgan fingerprint density at radius 2 is 1.90 bits per heavy atom. The Balaban J connectivity index is 1.75. The third-order valence-corrected chi connectivity index (χ3v) is 3.71. The molecule has 0 saturated heterocycles. The summed E-state index contributed by atoms with van der Waals surface area (Å²) in [6, 6.07) is 7.35. The zero-order chi connectivity index (χ0) is 15.2. The quantitative estimate of drug-likeness (QED) is 0.621. The topological polar surface area (TPSA) is 66.4 Å². The van der Waals surface area contributed by atoms with Crippen LogP contribution in [0.5, 0.6) is 0 Å². The fourth-order valence-corrected chi connectivity index (χ4v) is 2.41. The van der Waals surface area contributed by atoms with Crippen LogP contribution in [-0.2, 0) is 4.79 Å². The number of aliphatic hydroxyl groups excluding tert-OH is 1. The highest BCUT2D eigenvalue weighted by Gasteiger charge is 2.20. The molecule has 1 aliphatic carbocycles. The van der Waals surface area contributed by atoms with E-state index < -0.39 is 0 Å². The first kappa shape index (κ1) is 15.4. The number of rotatable bonds is 6. The molecule has 0 unspecified atom stereocenters. The molecule has 4 nitrogen and oxygen atoms in total. The van der Waals surface area contributed by atoms with Crippen LogP contribution in [0.4, 0.5) is 0 Å². The van der Waals surface area contributed by atoms with Crippen molar-refractivity contribution in [3.05, 3.63) is 47.5 Å². The maximum absolute atomic E-state index is 12.0. The van der Waals surface area contributed by atoms with Gasteiger partial charge in [-0.1, -0.05) is 42.0 Å². The van der Waals surface area contributed by atoms with Gasteiger partial charge in [0.1, 0.15) is 0 Å². The molecule has 0 spiro atoms. The van der Waals surface area contributed by atoms with Gasteiger partial charge in [-0.3, -0.25) is 9.59 Å². The number of nitrogens with one attached hydrogen (secondary N) is 1. The first-order valence-corrected chi connectivity index (χ1v) is 7.27. The van der Waals surface area contributed by atoms with Crippen LogP contribution in [0.25, 0.3) is 0 Å². The molecule has 1 aromatic carbocycles. The van der Waals surface area contributed by atoms with E-state index in [0.717, 1.165) is 12.0 Å². The van der Waals surface area contributed by atoms with Gasteiger partial charge in [0.2, 0.25) is 5.91 Å². The lowest BCUT2D eigenvalue weighted by Gasteiger charge is -2.12. The fourth-order valence-electron chi connectivity index (χ4n) is 2.41. The molecule has 0 radical (unpaired) electrons. The van der Waals surface area contributed by atoms with Crippen LogP contribution in [-0.4, -0.2) is 29.4 Å². The van der Waals surface area contributed by atoms with Crippen LogP contribution in [0.3, 0.4) is 0 Å². The van der Waals surface area contributed by atoms with Gasteiger partial charge in [0, 0.05) is 37.0 Å². The third kappa shape index (κ3) is 4.53. The van der Waals surface area contributed by atoms with Crippen molar-refractivity contribution in [2.75, 3.05) is 6.61 Å². The minimum absolute atomic E-state index is 0.0136. The smallest absolute Gasteiger partial charge is 0.220 e. The molecule has 0 bridgehead atoms. The molecule has 21 heavy (non-hydrogen) atoms. The van der Waals surface area contributed by atoms with Crippen molar-refractivity contribution >= 4 is 11.7 Å². The summed E-state index contributed by atoms with van der Waals surface area (Å²) in [6.07, 6.45) is 4.97. The van der Waals surface area contributed by atoms with Crippen molar-refractivity contribution in [1.29, 1.82) is 0 Å². The van der Waals surface area contributed by atoms with Crippen LogP contribution in [0.1, 0.15) is 35.2 Å². The molecule has 4 heteroatoms. The molecule has 0 heterocycles.